The molecule has 1 aromatic rings. The third kappa shape index (κ3) is 9.72. The van der Waals surface area contributed by atoms with Gasteiger partial charge in [-0.3, -0.25) is 10.2 Å². The lowest BCUT2D eigenvalue weighted by molar-refractivity contribution is 0.0916. The number of carbonyl (C=O) groups is 1. The number of ether oxygens (including phenoxy) is 2. The Morgan fingerprint density at radius 2 is 1.90 bits per heavy atom. The Hall–Kier alpha value is -1.46. The second kappa shape index (κ2) is 14.5. The highest BCUT2D eigenvalue weighted by atomic mass is 35.5. The van der Waals surface area contributed by atoms with Gasteiger partial charge in [0.25, 0.3) is 0 Å². The summed E-state index contributed by atoms with van der Waals surface area (Å²) in [5.74, 6) is 1.49. The van der Waals surface area contributed by atoms with Crippen LogP contribution in [0.15, 0.2) is 24.3 Å². The molecular weight excluding hydrogens is 388 g/mol. The lowest BCUT2D eigenvalue weighted by Crippen LogP contribution is -2.42. The van der Waals surface area contributed by atoms with Crippen molar-refractivity contribution in [2.75, 3.05) is 31.6 Å². The van der Waals surface area contributed by atoms with Gasteiger partial charge in [-0.15, -0.1) is 12.4 Å². The van der Waals surface area contributed by atoms with Gasteiger partial charge in [0, 0.05) is 12.6 Å². The number of unbranched alkanes of at least 4 members (excludes halogenated alkanes) is 4. The number of nitrogens with zero attached hydrogens (tertiary/aromatic N) is 1. The van der Waals surface area contributed by atoms with Gasteiger partial charge in [-0.25, -0.2) is 4.79 Å². The molecule has 166 valence electrons. The van der Waals surface area contributed by atoms with E-state index in [1.807, 2.05) is 24.3 Å². The highest BCUT2D eigenvalue weighted by Gasteiger charge is 2.22. The fourth-order valence-electron chi connectivity index (χ4n) is 3.77. The van der Waals surface area contributed by atoms with Gasteiger partial charge in [0.05, 0.1) is 12.3 Å². The summed E-state index contributed by atoms with van der Waals surface area (Å²) in [6.07, 6.45) is 8.00. The number of halogens is 1. The highest BCUT2D eigenvalue weighted by molar-refractivity contribution is 5.86. The maximum absolute atomic E-state index is 12.2. The normalized spacial score (nSPS) is 19.3. The third-order valence-corrected chi connectivity index (χ3v) is 5.52. The minimum atomic E-state index is -0.419. The van der Waals surface area contributed by atoms with Gasteiger partial charge in [-0.2, -0.15) is 0 Å². The van der Waals surface area contributed by atoms with E-state index >= 15 is 0 Å². The second-order valence-electron chi connectivity index (χ2n) is 8.03. The van der Waals surface area contributed by atoms with Crippen molar-refractivity contribution in [1.29, 1.82) is 0 Å². The van der Waals surface area contributed by atoms with Crippen LogP contribution in [0.3, 0.4) is 0 Å². The largest absolute Gasteiger partial charge is 0.491 e. The van der Waals surface area contributed by atoms with Crippen LogP contribution in [0.2, 0.25) is 0 Å². The SMILES string of the molecule is CCCCCCCOc1ccccc1NC(=O)OCCN1CCC(C)CC1C.Cl. The lowest BCUT2D eigenvalue weighted by Gasteiger charge is -2.36. The summed E-state index contributed by atoms with van der Waals surface area (Å²) in [5.41, 5.74) is 0.668. The van der Waals surface area contributed by atoms with Crippen molar-refractivity contribution in [3.05, 3.63) is 24.3 Å². The number of likely N-dealkylation sites (tertiary alicyclic amines) is 1. The molecule has 0 aliphatic carbocycles. The topological polar surface area (TPSA) is 50.8 Å². The Morgan fingerprint density at radius 1 is 1.14 bits per heavy atom. The van der Waals surface area contributed by atoms with Crippen molar-refractivity contribution < 1.29 is 14.3 Å². The lowest BCUT2D eigenvalue weighted by atomic mass is 9.93. The number of para-hydroxylation sites is 2. The van der Waals surface area contributed by atoms with Crippen molar-refractivity contribution in [3.63, 3.8) is 0 Å². The Labute approximate surface area is 182 Å². The van der Waals surface area contributed by atoms with Gasteiger partial charge in [-0.1, -0.05) is 51.7 Å². The molecule has 1 amide bonds. The molecule has 0 radical (unpaired) electrons. The molecule has 0 bridgehead atoms. The average Bonchev–Trinajstić information content (AvgIpc) is 2.67. The van der Waals surface area contributed by atoms with E-state index in [1.54, 1.807) is 0 Å². The number of amides is 1. The van der Waals surface area contributed by atoms with Gasteiger partial charge >= 0.3 is 6.09 Å². The first kappa shape index (κ1) is 25.6. The van der Waals surface area contributed by atoms with Crippen molar-refractivity contribution in [2.45, 2.75) is 71.8 Å². The van der Waals surface area contributed by atoms with Crippen LogP contribution in [0.5, 0.6) is 5.75 Å². The minimum Gasteiger partial charge on any atom is -0.491 e. The van der Waals surface area contributed by atoms with Crippen molar-refractivity contribution in [3.8, 4) is 5.75 Å². The molecule has 0 saturated carbocycles. The number of benzene rings is 1. The maximum Gasteiger partial charge on any atom is 0.411 e. The van der Waals surface area contributed by atoms with Crippen LogP contribution < -0.4 is 10.1 Å². The van der Waals surface area contributed by atoms with E-state index in [4.69, 9.17) is 9.47 Å². The molecule has 2 unspecified atom stereocenters. The van der Waals surface area contributed by atoms with Crippen molar-refractivity contribution >= 4 is 24.2 Å². The molecule has 1 N–H and O–H groups in total. The molecule has 5 nitrogen and oxygen atoms in total. The molecule has 2 rings (SSSR count). The number of nitrogens with one attached hydrogen (secondary N) is 1. The molecule has 1 heterocycles. The number of anilines is 1. The van der Waals surface area contributed by atoms with E-state index in [2.05, 4.69) is 31.0 Å². The molecule has 0 aromatic heterocycles. The number of piperidine rings is 1. The summed E-state index contributed by atoms with van der Waals surface area (Å²) in [6.45, 7) is 9.73. The molecule has 2 atom stereocenters. The molecule has 0 spiro atoms. The first-order valence-corrected chi connectivity index (χ1v) is 11.0. The van der Waals surface area contributed by atoms with Crippen LogP contribution >= 0.6 is 12.4 Å². The smallest absolute Gasteiger partial charge is 0.411 e. The number of hydrogen-bond acceptors (Lipinski definition) is 4. The fourth-order valence-corrected chi connectivity index (χ4v) is 3.77. The molecule has 1 fully saturated rings. The van der Waals surface area contributed by atoms with Crippen molar-refractivity contribution in [2.24, 2.45) is 5.92 Å². The minimum absolute atomic E-state index is 0. The molecule has 1 aliphatic rings. The molecule has 6 heteroatoms. The van der Waals surface area contributed by atoms with Gasteiger partial charge < -0.3 is 9.47 Å². The van der Waals surface area contributed by atoms with E-state index < -0.39 is 6.09 Å². The summed E-state index contributed by atoms with van der Waals surface area (Å²) in [7, 11) is 0. The summed E-state index contributed by atoms with van der Waals surface area (Å²) in [6, 6.07) is 8.10. The number of hydrogen-bond donors (Lipinski definition) is 1. The Kier molecular flexibility index (Phi) is 12.8. The molecular formula is C23H39ClN2O3. The van der Waals surface area contributed by atoms with E-state index in [-0.39, 0.29) is 12.4 Å². The highest BCUT2D eigenvalue weighted by Crippen LogP contribution is 2.24. The molecule has 1 aromatic carbocycles. The van der Waals surface area contributed by atoms with E-state index in [0.29, 0.717) is 30.7 Å². The molecule has 1 aliphatic heterocycles. The first-order chi connectivity index (χ1) is 13.6. The predicted octanol–water partition coefficient (Wildman–Crippen LogP) is 6.13. The van der Waals surface area contributed by atoms with Crippen LogP contribution in [-0.4, -0.2) is 43.3 Å². The van der Waals surface area contributed by atoms with Gasteiger partial charge in [-0.05, 0) is 50.8 Å². The van der Waals surface area contributed by atoms with E-state index in [9.17, 15) is 4.79 Å². The summed E-state index contributed by atoms with van der Waals surface area (Å²) >= 11 is 0. The van der Waals surface area contributed by atoms with E-state index in [0.717, 1.165) is 25.4 Å². The monoisotopic (exact) mass is 426 g/mol. The maximum atomic E-state index is 12.2. The van der Waals surface area contributed by atoms with Gasteiger partial charge in [0.15, 0.2) is 0 Å². The zero-order valence-electron chi connectivity index (χ0n) is 18.3. The van der Waals surface area contributed by atoms with Gasteiger partial charge in [0.2, 0.25) is 0 Å². The standard InChI is InChI=1S/C23H38N2O3.ClH/c1-4-5-6-7-10-16-27-22-12-9-8-11-21(22)24-23(26)28-17-15-25-14-13-19(2)18-20(25)3;/h8-9,11-12,19-20H,4-7,10,13-18H2,1-3H3,(H,24,26);1H. The van der Waals surface area contributed by atoms with Crippen LogP contribution in [-0.2, 0) is 4.74 Å². The predicted molar refractivity (Wildman–Crippen MR) is 122 cm³/mol. The summed E-state index contributed by atoms with van der Waals surface area (Å²) < 4.78 is 11.3. The van der Waals surface area contributed by atoms with Crippen LogP contribution in [0, 0.1) is 5.92 Å². The van der Waals surface area contributed by atoms with Crippen LogP contribution in [0.25, 0.3) is 0 Å². The Morgan fingerprint density at radius 3 is 2.66 bits per heavy atom. The molecule has 1 saturated heterocycles. The van der Waals surface area contributed by atoms with E-state index in [1.165, 1.54) is 38.5 Å². The summed E-state index contributed by atoms with van der Waals surface area (Å²) in [4.78, 5) is 14.6. The number of rotatable bonds is 11. The second-order valence-corrected chi connectivity index (χ2v) is 8.03. The quantitative estimate of drug-likeness (QED) is 0.432. The Balaban J connectivity index is 0.00000420. The molecule has 29 heavy (non-hydrogen) atoms. The van der Waals surface area contributed by atoms with Crippen molar-refractivity contribution in [1.82, 2.24) is 4.90 Å². The average molecular weight is 427 g/mol. The fraction of sp³-hybridized carbons (Fsp3) is 0.696. The number of carbonyl (C=O) groups excluding carboxylic acids is 1. The zero-order chi connectivity index (χ0) is 20.2. The first-order valence-electron chi connectivity index (χ1n) is 11.0. The van der Waals surface area contributed by atoms with Crippen LogP contribution in [0.4, 0.5) is 10.5 Å². The zero-order valence-corrected chi connectivity index (χ0v) is 19.1. The van der Waals surface area contributed by atoms with Crippen LogP contribution in [0.1, 0.15) is 65.7 Å². The Bertz CT molecular complexity index is 585. The third-order valence-electron chi connectivity index (χ3n) is 5.52. The van der Waals surface area contributed by atoms with Gasteiger partial charge in [0.1, 0.15) is 12.4 Å². The summed E-state index contributed by atoms with van der Waals surface area (Å²) in [5, 5.41) is 2.82.